The average molecular weight is 351 g/mol. The van der Waals surface area contributed by atoms with Crippen molar-refractivity contribution in [3.8, 4) is 17.2 Å². The van der Waals surface area contributed by atoms with E-state index in [-0.39, 0.29) is 0 Å². The van der Waals surface area contributed by atoms with Gasteiger partial charge in [-0.15, -0.1) is 0 Å². The van der Waals surface area contributed by atoms with Gasteiger partial charge in [0.15, 0.2) is 0 Å². The Morgan fingerprint density at radius 2 is 2.22 bits per heavy atom. The van der Waals surface area contributed by atoms with E-state index in [4.69, 9.17) is 0 Å². The first-order valence-corrected chi connectivity index (χ1v) is 7.27. The van der Waals surface area contributed by atoms with E-state index in [9.17, 15) is 5.26 Å². The lowest BCUT2D eigenvalue weighted by atomic mass is 9.95. The summed E-state index contributed by atoms with van der Waals surface area (Å²) in [5, 5.41) is 13.4. The summed E-state index contributed by atoms with van der Waals surface area (Å²) >= 11 is 2.37. The number of aromatic nitrogens is 2. The zero-order valence-electron chi connectivity index (χ0n) is 10.4. The minimum absolute atomic E-state index is 0.720. The molecular formula is C14H14IN3. The van der Waals surface area contributed by atoms with Gasteiger partial charge in [0.2, 0.25) is 0 Å². The second-order valence-electron chi connectivity index (χ2n) is 4.28. The number of hydrogen-bond acceptors (Lipinski definition) is 2. The van der Waals surface area contributed by atoms with Gasteiger partial charge < -0.3 is 0 Å². The number of nitrogens with zero attached hydrogens (tertiary/aromatic N) is 3. The molecule has 3 nitrogen and oxygen atoms in total. The Hall–Kier alpha value is -1.35. The van der Waals surface area contributed by atoms with Gasteiger partial charge in [-0.2, -0.15) is 10.4 Å². The molecule has 0 unspecified atom stereocenters. The van der Waals surface area contributed by atoms with Gasteiger partial charge >= 0.3 is 0 Å². The van der Waals surface area contributed by atoms with Crippen molar-refractivity contribution in [2.75, 3.05) is 4.43 Å². The average Bonchev–Trinajstić information content (AvgIpc) is 2.78. The summed E-state index contributed by atoms with van der Waals surface area (Å²) < 4.78 is 2.84. The highest BCUT2D eigenvalue weighted by Crippen LogP contribution is 2.26. The van der Waals surface area contributed by atoms with Crippen LogP contribution in [0.1, 0.15) is 16.7 Å². The van der Waals surface area contributed by atoms with E-state index in [1.54, 1.807) is 10.9 Å². The van der Waals surface area contributed by atoms with Gasteiger partial charge in [-0.3, -0.25) is 4.68 Å². The SMILES string of the molecule is Cc1cc(C#N)c(-c2cnn(C)c2)cc1CCI. The third-order valence-corrected chi connectivity index (χ3v) is 3.52. The molecule has 0 bridgehead atoms. The molecule has 0 N–H and O–H groups in total. The number of aryl methyl sites for hydroxylation is 3. The van der Waals surface area contributed by atoms with Crippen molar-refractivity contribution >= 4 is 22.6 Å². The van der Waals surface area contributed by atoms with Crippen LogP contribution in [0.2, 0.25) is 0 Å². The lowest BCUT2D eigenvalue weighted by molar-refractivity contribution is 0.768. The number of halogens is 1. The fraction of sp³-hybridized carbons (Fsp3) is 0.286. The lowest BCUT2D eigenvalue weighted by Crippen LogP contribution is -1.94. The van der Waals surface area contributed by atoms with Crippen LogP contribution in [-0.4, -0.2) is 14.2 Å². The summed E-state index contributed by atoms with van der Waals surface area (Å²) in [4.78, 5) is 0. The molecule has 1 aromatic carbocycles. The van der Waals surface area contributed by atoms with Crippen LogP contribution in [0.5, 0.6) is 0 Å². The molecule has 0 atom stereocenters. The number of alkyl halides is 1. The van der Waals surface area contributed by atoms with Crippen LogP contribution in [0.15, 0.2) is 24.5 Å². The third-order valence-electron chi connectivity index (χ3n) is 2.98. The maximum Gasteiger partial charge on any atom is 0.0998 e. The van der Waals surface area contributed by atoms with E-state index in [0.29, 0.717) is 0 Å². The monoisotopic (exact) mass is 351 g/mol. The summed E-state index contributed by atoms with van der Waals surface area (Å²) in [6.07, 6.45) is 4.78. The predicted octanol–water partition coefficient (Wildman–Crippen LogP) is 3.24. The lowest BCUT2D eigenvalue weighted by Gasteiger charge is -2.09. The quantitative estimate of drug-likeness (QED) is 0.629. The Labute approximate surface area is 121 Å². The zero-order valence-corrected chi connectivity index (χ0v) is 12.6. The summed E-state index contributed by atoms with van der Waals surface area (Å²) in [5.41, 5.74) is 5.20. The van der Waals surface area contributed by atoms with Crippen molar-refractivity contribution in [2.45, 2.75) is 13.3 Å². The molecule has 0 saturated heterocycles. The third kappa shape index (κ3) is 2.56. The molecule has 2 rings (SSSR count). The summed E-state index contributed by atoms with van der Waals surface area (Å²) in [6, 6.07) is 6.38. The predicted molar refractivity (Wildman–Crippen MR) is 80.7 cm³/mol. The van der Waals surface area contributed by atoms with Crippen molar-refractivity contribution in [3.63, 3.8) is 0 Å². The van der Waals surface area contributed by atoms with Crippen molar-refractivity contribution < 1.29 is 0 Å². The molecule has 0 fully saturated rings. The normalized spacial score (nSPS) is 10.3. The molecule has 92 valence electrons. The molecule has 1 aromatic heterocycles. The molecule has 0 radical (unpaired) electrons. The van der Waals surface area contributed by atoms with E-state index in [2.05, 4.69) is 46.7 Å². The van der Waals surface area contributed by atoms with Crippen molar-refractivity contribution in [3.05, 3.63) is 41.2 Å². The van der Waals surface area contributed by atoms with E-state index >= 15 is 0 Å². The standard InChI is InChI=1S/C14H14IN3/c1-10-5-12(7-16)14(6-11(10)3-4-15)13-8-17-18(2)9-13/h5-6,8-9H,3-4H2,1-2H3. The fourth-order valence-corrected chi connectivity index (χ4v) is 2.60. The number of hydrogen-bond donors (Lipinski definition) is 0. The molecule has 0 aliphatic carbocycles. The molecular weight excluding hydrogens is 337 g/mol. The Kier molecular flexibility index (Phi) is 4.02. The minimum Gasteiger partial charge on any atom is -0.275 e. The van der Waals surface area contributed by atoms with E-state index in [0.717, 1.165) is 27.5 Å². The topological polar surface area (TPSA) is 41.6 Å². The maximum atomic E-state index is 9.25. The van der Waals surface area contributed by atoms with E-state index in [1.165, 1.54) is 11.1 Å². The van der Waals surface area contributed by atoms with Crippen LogP contribution < -0.4 is 0 Å². The van der Waals surface area contributed by atoms with Crippen LogP contribution >= 0.6 is 22.6 Å². The molecule has 2 aromatic rings. The first-order chi connectivity index (χ1) is 8.65. The van der Waals surface area contributed by atoms with Gasteiger partial charge in [0.05, 0.1) is 17.8 Å². The molecule has 0 saturated carbocycles. The van der Waals surface area contributed by atoms with Gasteiger partial charge in [0.1, 0.15) is 0 Å². The second kappa shape index (κ2) is 5.53. The van der Waals surface area contributed by atoms with Crippen molar-refractivity contribution in [1.29, 1.82) is 5.26 Å². The number of rotatable bonds is 3. The first-order valence-electron chi connectivity index (χ1n) is 5.74. The Balaban J connectivity index is 2.58. The molecule has 1 heterocycles. The highest BCUT2D eigenvalue weighted by molar-refractivity contribution is 14.1. The molecule has 0 spiro atoms. The van der Waals surface area contributed by atoms with Crippen molar-refractivity contribution in [1.82, 2.24) is 9.78 Å². The molecule has 0 amide bonds. The van der Waals surface area contributed by atoms with E-state index in [1.807, 2.05) is 19.3 Å². The van der Waals surface area contributed by atoms with Gasteiger partial charge in [-0.1, -0.05) is 22.6 Å². The van der Waals surface area contributed by atoms with Crippen molar-refractivity contribution in [2.24, 2.45) is 7.05 Å². The van der Waals surface area contributed by atoms with Gasteiger partial charge in [-0.25, -0.2) is 0 Å². The highest BCUT2D eigenvalue weighted by Gasteiger charge is 2.10. The smallest absolute Gasteiger partial charge is 0.0998 e. The van der Waals surface area contributed by atoms with E-state index < -0.39 is 0 Å². The molecule has 4 heteroatoms. The Morgan fingerprint density at radius 1 is 1.44 bits per heavy atom. The van der Waals surface area contributed by atoms with Gasteiger partial charge in [-0.05, 0) is 36.6 Å². The second-order valence-corrected chi connectivity index (χ2v) is 5.36. The largest absolute Gasteiger partial charge is 0.275 e. The zero-order chi connectivity index (χ0) is 13.1. The maximum absolute atomic E-state index is 9.25. The van der Waals surface area contributed by atoms with Crippen LogP contribution in [0, 0.1) is 18.3 Å². The van der Waals surface area contributed by atoms with Gasteiger partial charge in [0, 0.05) is 28.8 Å². The van der Waals surface area contributed by atoms with Gasteiger partial charge in [0.25, 0.3) is 0 Å². The Morgan fingerprint density at radius 3 is 2.78 bits per heavy atom. The van der Waals surface area contributed by atoms with Crippen LogP contribution in [0.25, 0.3) is 11.1 Å². The summed E-state index contributed by atoms with van der Waals surface area (Å²) in [6.45, 7) is 2.06. The molecule has 18 heavy (non-hydrogen) atoms. The fourth-order valence-electron chi connectivity index (χ4n) is 2.02. The van der Waals surface area contributed by atoms with Crippen LogP contribution in [0.3, 0.4) is 0 Å². The van der Waals surface area contributed by atoms with Crippen LogP contribution in [0.4, 0.5) is 0 Å². The highest BCUT2D eigenvalue weighted by atomic mass is 127. The Bertz CT molecular complexity index is 608. The first kappa shape index (κ1) is 13.1. The number of benzene rings is 1. The molecule has 0 aliphatic heterocycles. The number of nitriles is 1. The van der Waals surface area contributed by atoms with Crippen LogP contribution in [-0.2, 0) is 13.5 Å². The summed E-state index contributed by atoms with van der Waals surface area (Å²) in [7, 11) is 1.88. The molecule has 0 aliphatic rings. The summed E-state index contributed by atoms with van der Waals surface area (Å²) in [5.74, 6) is 0. The minimum atomic E-state index is 0.720.